The molecule has 0 radical (unpaired) electrons. The van der Waals surface area contributed by atoms with E-state index in [1.165, 1.54) is 11.8 Å². The van der Waals surface area contributed by atoms with E-state index in [0.29, 0.717) is 5.69 Å². The summed E-state index contributed by atoms with van der Waals surface area (Å²) in [7, 11) is 2.96. The molecule has 5 heteroatoms. The lowest BCUT2D eigenvalue weighted by Crippen LogP contribution is -2.13. The first kappa shape index (κ1) is 13.4. The number of hydrogen-bond acceptors (Lipinski definition) is 4. The fourth-order valence-corrected chi connectivity index (χ4v) is 1.39. The molecule has 17 heavy (non-hydrogen) atoms. The van der Waals surface area contributed by atoms with E-state index in [-0.39, 0.29) is 17.6 Å². The van der Waals surface area contributed by atoms with Crippen LogP contribution in [0, 0.1) is 0 Å². The number of ether oxygens (including phenoxy) is 1. The van der Waals surface area contributed by atoms with Crippen molar-refractivity contribution in [1.29, 1.82) is 0 Å². The predicted octanol–water partition coefficient (Wildman–Crippen LogP) is 1.46. The fraction of sp³-hybridized carbons (Fsp3) is 0.583. The van der Waals surface area contributed by atoms with Gasteiger partial charge in [0.15, 0.2) is 5.78 Å². The third-order valence-corrected chi connectivity index (χ3v) is 2.47. The molecule has 0 unspecified atom stereocenters. The minimum Gasteiger partial charge on any atom is -0.469 e. The minimum atomic E-state index is -0.534. The summed E-state index contributed by atoms with van der Waals surface area (Å²) in [5.41, 5.74) is 1.13. The summed E-state index contributed by atoms with van der Waals surface area (Å²) in [5.74, 6) is -0.809. The Morgan fingerprint density at radius 2 is 2.00 bits per heavy atom. The Kier molecular flexibility index (Phi) is 3.70. The normalized spacial score (nSPS) is 11.4. The topological polar surface area (TPSA) is 61.2 Å². The highest BCUT2D eigenvalue weighted by molar-refractivity contribution is 6.05. The van der Waals surface area contributed by atoms with Crippen LogP contribution in [0.4, 0.5) is 0 Å². The number of rotatable bonds is 3. The smallest absolute Gasteiger partial charge is 0.313 e. The highest BCUT2D eigenvalue weighted by Gasteiger charge is 2.22. The summed E-state index contributed by atoms with van der Waals surface area (Å²) in [4.78, 5) is 22.9. The maximum Gasteiger partial charge on any atom is 0.313 e. The van der Waals surface area contributed by atoms with Crippen LogP contribution < -0.4 is 0 Å². The van der Waals surface area contributed by atoms with E-state index in [0.717, 1.165) is 5.69 Å². The zero-order chi connectivity index (χ0) is 13.2. The molecule has 0 saturated carbocycles. The fourth-order valence-electron chi connectivity index (χ4n) is 1.39. The van der Waals surface area contributed by atoms with Crippen LogP contribution >= 0.6 is 0 Å². The number of aryl methyl sites for hydroxylation is 1. The molecule has 0 atom stereocenters. The molecule has 0 aliphatic heterocycles. The van der Waals surface area contributed by atoms with Gasteiger partial charge in [0, 0.05) is 12.5 Å². The number of ketones is 1. The lowest BCUT2D eigenvalue weighted by Gasteiger charge is -2.13. The number of esters is 1. The van der Waals surface area contributed by atoms with Gasteiger partial charge in [-0.25, -0.2) is 0 Å². The third-order valence-electron chi connectivity index (χ3n) is 2.47. The molecule has 0 saturated heterocycles. The molecular weight excluding hydrogens is 220 g/mol. The Hall–Kier alpha value is -1.65. The molecule has 5 nitrogen and oxygen atoms in total. The average Bonchev–Trinajstić information content (AvgIpc) is 2.59. The number of methoxy groups -OCH3 is 1. The maximum absolute atomic E-state index is 11.8. The van der Waals surface area contributed by atoms with E-state index < -0.39 is 5.97 Å². The summed E-state index contributed by atoms with van der Waals surface area (Å²) >= 11 is 0. The van der Waals surface area contributed by atoms with Crippen molar-refractivity contribution in [3.8, 4) is 0 Å². The second-order valence-corrected chi connectivity index (χ2v) is 4.96. The van der Waals surface area contributed by atoms with Gasteiger partial charge in [-0.3, -0.25) is 14.3 Å². The summed E-state index contributed by atoms with van der Waals surface area (Å²) in [6.45, 7) is 6.05. The van der Waals surface area contributed by atoms with E-state index in [2.05, 4.69) is 9.84 Å². The van der Waals surface area contributed by atoms with Crippen molar-refractivity contribution < 1.29 is 14.3 Å². The largest absolute Gasteiger partial charge is 0.469 e. The standard InChI is InChI=1S/C12H18N2O3/c1-12(2,3)10-6-8(14(4)13-10)9(15)7-11(16)17-5/h6H,7H2,1-5H3. The van der Waals surface area contributed by atoms with Gasteiger partial charge >= 0.3 is 5.97 Å². The lowest BCUT2D eigenvalue weighted by molar-refractivity contribution is -0.139. The quantitative estimate of drug-likeness (QED) is 0.454. The third kappa shape index (κ3) is 3.15. The second-order valence-electron chi connectivity index (χ2n) is 4.96. The van der Waals surface area contributed by atoms with Gasteiger partial charge in [0.25, 0.3) is 0 Å². The zero-order valence-electron chi connectivity index (χ0n) is 10.9. The summed E-state index contributed by atoms with van der Waals surface area (Å²) in [5, 5.41) is 4.28. The van der Waals surface area contributed by atoms with Crippen LogP contribution in [0.5, 0.6) is 0 Å². The molecule has 0 aliphatic rings. The van der Waals surface area contributed by atoms with Crippen LogP contribution in [-0.2, 0) is 22.0 Å². The number of aromatic nitrogens is 2. The highest BCUT2D eigenvalue weighted by Crippen LogP contribution is 2.21. The molecule has 0 N–H and O–H groups in total. The van der Waals surface area contributed by atoms with Gasteiger partial charge in [-0.1, -0.05) is 20.8 Å². The molecule has 0 amide bonds. The number of hydrogen-bond donors (Lipinski definition) is 0. The first-order chi connectivity index (χ1) is 7.75. The van der Waals surface area contributed by atoms with E-state index >= 15 is 0 Å². The average molecular weight is 238 g/mol. The second kappa shape index (κ2) is 4.69. The van der Waals surface area contributed by atoms with Crippen LogP contribution in [0.25, 0.3) is 0 Å². The van der Waals surface area contributed by atoms with E-state index in [4.69, 9.17) is 0 Å². The van der Waals surface area contributed by atoms with Crippen molar-refractivity contribution in [3.05, 3.63) is 17.5 Å². The van der Waals surface area contributed by atoms with Gasteiger partial charge in [-0.15, -0.1) is 0 Å². The van der Waals surface area contributed by atoms with Crippen molar-refractivity contribution in [3.63, 3.8) is 0 Å². The van der Waals surface area contributed by atoms with E-state index in [1.54, 1.807) is 13.1 Å². The van der Waals surface area contributed by atoms with Crippen molar-refractivity contribution >= 4 is 11.8 Å². The first-order valence-corrected chi connectivity index (χ1v) is 5.40. The molecule has 0 spiro atoms. The zero-order valence-corrected chi connectivity index (χ0v) is 10.9. The molecule has 0 aliphatic carbocycles. The molecule has 94 valence electrons. The van der Waals surface area contributed by atoms with Crippen molar-refractivity contribution in [1.82, 2.24) is 9.78 Å². The summed E-state index contributed by atoms with van der Waals surface area (Å²) in [6.07, 6.45) is -0.250. The number of Topliss-reactive ketones (excluding diaryl/α,β-unsaturated/α-hetero) is 1. The van der Waals surface area contributed by atoms with Gasteiger partial charge < -0.3 is 4.74 Å². The number of carbonyl (C=O) groups excluding carboxylic acids is 2. The molecule has 1 aromatic rings. The van der Waals surface area contributed by atoms with Gasteiger partial charge in [0.05, 0.1) is 12.8 Å². The monoisotopic (exact) mass is 238 g/mol. The van der Waals surface area contributed by atoms with Crippen LogP contribution in [0.3, 0.4) is 0 Å². The molecule has 1 aromatic heterocycles. The first-order valence-electron chi connectivity index (χ1n) is 5.40. The molecule has 1 rings (SSSR count). The SMILES string of the molecule is COC(=O)CC(=O)c1cc(C(C)(C)C)nn1C. The van der Waals surface area contributed by atoms with Gasteiger partial charge in [0.1, 0.15) is 12.1 Å². The van der Waals surface area contributed by atoms with Crippen molar-refractivity contribution in [2.24, 2.45) is 7.05 Å². The van der Waals surface area contributed by atoms with E-state index in [1.807, 2.05) is 20.8 Å². The number of carbonyl (C=O) groups is 2. The van der Waals surface area contributed by atoms with Crippen LogP contribution in [-0.4, -0.2) is 28.6 Å². The van der Waals surface area contributed by atoms with Gasteiger partial charge in [-0.05, 0) is 6.07 Å². The Labute approximate surface area is 101 Å². The predicted molar refractivity (Wildman–Crippen MR) is 62.9 cm³/mol. The number of nitrogens with zero attached hydrogens (tertiary/aromatic N) is 2. The molecule has 1 heterocycles. The van der Waals surface area contributed by atoms with Crippen molar-refractivity contribution in [2.45, 2.75) is 32.6 Å². The van der Waals surface area contributed by atoms with E-state index in [9.17, 15) is 9.59 Å². The summed E-state index contributed by atoms with van der Waals surface area (Å²) < 4.78 is 5.97. The Bertz CT molecular complexity index is 441. The molecular formula is C12H18N2O3. The Morgan fingerprint density at radius 1 is 1.41 bits per heavy atom. The van der Waals surface area contributed by atoms with Gasteiger partial charge in [-0.2, -0.15) is 5.10 Å². The highest BCUT2D eigenvalue weighted by atomic mass is 16.5. The molecule has 0 fully saturated rings. The van der Waals surface area contributed by atoms with Crippen LogP contribution in [0.2, 0.25) is 0 Å². The molecule has 0 aromatic carbocycles. The molecule has 0 bridgehead atoms. The van der Waals surface area contributed by atoms with Gasteiger partial charge in [0.2, 0.25) is 0 Å². The summed E-state index contributed by atoms with van der Waals surface area (Å²) in [6, 6.07) is 1.73. The van der Waals surface area contributed by atoms with Crippen LogP contribution in [0.15, 0.2) is 6.07 Å². The van der Waals surface area contributed by atoms with Crippen LogP contribution in [0.1, 0.15) is 43.4 Å². The maximum atomic E-state index is 11.8. The van der Waals surface area contributed by atoms with Crippen molar-refractivity contribution in [2.75, 3.05) is 7.11 Å². The Balaban J connectivity index is 2.96. The minimum absolute atomic E-state index is 0.123. The lowest BCUT2D eigenvalue weighted by atomic mass is 9.92. The Morgan fingerprint density at radius 3 is 2.41 bits per heavy atom.